The Bertz CT molecular complexity index is 1210. The van der Waals surface area contributed by atoms with Crippen molar-refractivity contribution in [2.75, 3.05) is 5.32 Å². The standard InChI is InChI=1S/C27H25Cl2NO4S/c1-2-23(35)27(32)33-22(14-16-8-4-3-5-9-16)25-26(31)30-21-13-12-17(28)15-19(21)24(34-25)18-10-6-7-11-20(18)29/h3-13,15,22-25,35H,2,14H2,1H3,(H,30,31)/t22?,23?,24-,25-/m0/s1. The highest BCUT2D eigenvalue weighted by atomic mass is 35.5. The molecule has 5 nitrogen and oxygen atoms in total. The average molecular weight is 530 g/mol. The van der Waals surface area contributed by atoms with Gasteiger partial charge in [0.2, 0.25) is 0 Å². The molecule has 0 fully saturated rings. The van der Waals surface area contributed by atoms with Crippen LogP contribution in [0.5, 0.6) is 0 Å². The molecule has 1 heterocycles. The minimum absolute atomic E-state index is 0.279. The van der Waals surface area contributed by atoms with E-state index in [2.05, 4.69) is 17.9 Å². The summed E-state index contributed by atoms with van der Waals surface area (Å²) >= 11 is 17.2. The maximum absolute atomic E-state index is 13.5. The van der Waals surface area contributed by atoms with Crippen molar-refractivity contribution >= 4 is 53.4 Å². The molecule has 0 saturated heterocycles. The van der Waals surface area contributed by atoms with E-state index in [4.69, 9.17) is 32.7 Å². The quantitative estimate of drug-likeness (QED) is 0.279. The summed E-state index contributed by atoms with van der Waals surface area (Å²) in [4.78, 5) is 26.2. The Balaban J connectivity index is 1.77. The van der Waals surface area contributed by atoms with Gasteiger partial charge in [-0.1, -0.05) is 78.7 Å². The minimum Gasteiger partial charge on any atom is -0.458 e. The minimum atomic E-state index is -1.12. The van der Waals surface area contributed by atoms with Crippen molar-refractivity contribution in [3.05, 3.63) is 99.5 Å². The summed E-state index contributed by atoms with van der Waals surface area (Å²) in [5.41, 5.74) is 2.78. The van der Waals surface area contributed by atoms with Crippen LogP contribution >= 0.6 is 35.8 Å². The predicted molar refractivity (Wildman–Crippen MR) is 141 cm³/mol. The molecule has 4 atom stereocenters. The molecule has 1 aliphatic heterocycles. The van der Waals surface area contributed by atoms with E-state index >= 15 is 0 Å². The first-order valence-corrected chi connectivity index (χ1v) is 12.6. The Hall–Kier alpha value is -2.51. The summed E-state index contributed by atoms with van der Waals surface area (Å²) in [5.74, 6) is -0.934. The lowest BCUT2D eigenvalue weighted by Gasteiger charge is -2.29. The highest BCUT2D eigenvalue weighted by molar-refractivity contribution is 7.81. The maximum atomic E-state index is 13.5. The van der Waals surface area contributed by atoms with Gasteiger partial charge in [0.15, 0.2) is 6.10 Å². The number of esters is 1. The van der Waals surface area contributed by atoms with Gasteiger partial charge in [0.25, 0.3) is 5.91 Å². The number of ether oxygens (including phenoxy) is 2. The van der Waals surface area contributed by atoms with E-state index < -0.39 is 35.4 Å². The van der Waals surface area contributed by atoms with E-state index in [0.717, 1.165) is 5.56 Å². The van der Waals surface area contributed by atoms with Crippen LogP contribution in [0.15, 0.2) is 72.8 Å². The predicted octanol–water partition coefficient (Wildman–Crippen LogP) is 6.28. The summed E-state index contributed by atoms with van der Waals surface area (Å²) in [6, 6.07) is 21.9. The largest absolute Gasteiger partial charge is 0.458 e. The van der Waals surface area contributed by atoms with Crippen LogP contribution in [-0.4, -0.2) is 29.3 Å². The summed E-state index contributed by atoms with van der Waals surface area (Å²) in [6.07, 6.45) is -1.98. The van der Waals surface area contributed by atoms with Crippen LogP contribution in [0.1, 0.15) is 36.1 Å². The van der Waals surface area contributed by atoms with E-state index in [-0.39, 0.29) is 6.42 Å². The molecule has 35 heavy (non-hydrogen) atoms. The Morgan fingerprint density at radius 3 is 2.49 bits per heavy atom. The smallest absolute Gasteiger partial charge is 0.319 e. The summed E-state index contributed by atoms with van der Waals surface area (Å²) in [7, 11) is 0. The number of carbonyl (C=O) groups is 2. The molecule has 3 aromatic carbocycles. The normalized spacial score (nSPS) is 19.1. The molecule has 0 saturated carbocycles. The van der Waals surface area contributed by atoms with Crippen LogP contribution in [0, 0.1) is 0 Å². The van der Waals surface area contributed by atoms with Crippen molar-refractivity contribution in [1.82, 2.24) is 0 Å². The molecule has 0 aromatic heterocycles. The molecule has 3 aromatic rings. The van der Waals surface area contributed by atoms with E-state index in [9.17, 15) is 9.59 Å². The van der Waals surface area contributed by atoms with Crippen LogP contribution in [0.4, 0.5) is 5.69 Å². The van der Waals surface area contributed by atoms with Crippen molar-refractivity contribution < 1.29 is 19.1 Å². The number of hydrogen-bond acceptors (Lipinski definition) is 5. The number of rotatable bonds is 7. The lowest BCUT2D eigenvalue weighted by Crippen LogP contribution is -2.44. The summed E-state index contributed by atoms with van der Waals surface area (Å²) in [6.45, 7) is 1.84. The first-order chi connectivity index (χ1) is 16.9. The van der Waals surface area contributed by atoms with Gasteiger partial charge in [-0.15, -0.1) is 0 Å². The second-order valence-electron chi connectivity index (χ2n) is 8.27. The molecule has 0 bridgehead atoms. The topological polar surface area (TPSA) is 64.6 Å². The number of amides is 1. The molecule has 182 valence electrons. The fourth-order valence-corrected chi connectivity index (χ4v) is 4.46. The molecule has 1 N–H and O–H groups in total. The number of anilines is 1. The van der Waals surface area contributed by atoms with E-state index in [1.54, 1.807) is 24.3 Å². The fraction of sp³-hybridized carbons (Fsp3) is 0.259. The molecular formula is C27H25Cl2NO4S. The molecule has 1 amide bonds. The zero-order chi connectivity index (χ0) is 24.9. The Morgan fingerprint density at radius 1 is 1.06 bits per heavy atom. The fourth-order valence-electron chi connectivity index (χ4n) is 3.99. The molecule has 2 unspecified atom stereocenters. The molecule has 4 rings (SSSR count). The van der Waals surface area contributed by atoms with Crippen molar-refractivity contribution in [3.63, 3.8) is 0 Å². The number of hydrogen-bond donors (Lipinski definition) is 2. The maximum Gasteiger partial charge on any atom is 0.319 e. The highest BCUT2D eigenvalue weighted by Crippen LogP contribution is 2.40. The average Bonchev–Trinajstić information content (AvgIpc) is 3.00. The van der Waals surface area contributed by atoms with Gasteiger partial charge in [-0.3, -0.25) is 9.59 Å². The van der Waals surface area contributed by atoms with Crippen LogP contribution in [0.2, 0.25) is 10.0 Å². The molecule has 8 heteroatoms. The van der Waals surface area contributed by atoms with Crippen molar-refractivity contribution in [2.24, 2.45) is 0 Å². The van der Waals surface area contributed by atoms with Gasteiger partial charge in [0, 0.05) is 33.3 Å². The number of halogens is 2. The zero-order valence-electron chi connectivity index (χ0n) is 19.0. The zero-order valence-corrected chi connectivity index (χ0v) is 21.4. The van der Waals surface area contributed by atoms with Gasteiger partial charge in [-0.2, -0.15) is 12.6 Å². The molecule has 1 aliphatic rings. The Labute approximate surface area is 220 Å². The van der Waals surface area contributed by atoms with Crippen LogP contribution in [0.3, 0.4) is 0 Å². The Morgan fingerprint density at radius 2 is 1.77 bits per heavy atom. The third kappa shape index (κ3) is 6.01. The SMILES string of the molecule is CCC(S)C(=O)OC(Cc1ccccc1)[C@@H]1O[C@@H](c2ccccc2Cl)c2cc(Cl)ccc2NC1=O. The lowest BCUT2D eigenvalue weighted by atomic mass is 9.99. The molecular weight excluding hydrogens is 505 g/mol. The van der Waals surface area contributed by atoms with Crippen molar-refractivity contribution in [3.8, 4) is 0 Å². The van der Waals surface area contributed by atoms with E-state index in [1.807, 2.05) is 55.5 Å². The summed E-state index contributed by atoms with van der Waals surface area (Å²) < 4.78 is 12.3. The molecule has 0 aliphatic carbocycles. The second-order valence-corrected chi connectivity index (χ2v) is 9.74. The molecule has 0 radical (unpaired) electrons. The number of fused-ring (bicyclic) bond motifs is 1. The van der Waals surface area contributed by atoms with E-state index in [0.29, 0.717) is 33.3 Å². The monoisotopic (exact) mass is 529 g/mol. The number of benzene rings is 3. The van der Waals surface area contributed by atoms with Gasteiger partial charge in [0.05, 0.1) is 5.25 Å². The second kappa shape index (κ2) is 11.5. The van der Waals surface area contributed by atoms with Gasteiger partial charge in [-0.25, -0.2) is 0 Å². The summed E-state index contributed by atoms with van der Waals surface area (Å²) in [5, 5.41) is 3.28. The van der Waals surface area contributed by atoms with Crippen molar-refractivity contribution in [1.29, 1.82) is 0 Å². The van der Waals surface area contributed by atoms with E-state index in [1.165, 1.54) is 0 Å². The van der Waals surface area contributed by atoms with Gasteiger partial charge in [-0.05, 0) is 36.2 Å². The first kappa shape index (κ1) is 25.6. The molecule has 0 spiro atoms. The number of thiol groups is 1. The van der Waals surface area contributed by atoms with Crippen molar-refractivity contribution in [2.45, 2.75) is 43.3 Å². The third-order valence-electron chi connectivity index (χ3n) is 5.83. The van der Waals surface area contributed by atoms with Crippen LogP contribution < -0.4 is 5.32 Å². The lowest BCUT2D eigenvalue weighted by molar-refractivity contribution is -0.162. The van der Waals surface area contributed by atoms with Crippen LogP contribution in [0.25, 0.3) is 0 Å². The third-order valence-corrected chi connectivity index (χ3v) is 6.98. The Kier molecular flexibility index (Phi) is 8.39. The number of nitrogens with one attached hydrogen (secondary N) is 1. The first-order valence-electron chi connectivity index (χ1n) is 11.3. The van der Waals surface area contributed by atoms with Crippen LogP contribution in [-0.2, 0) is 25.5 Å². The number of carbonyl (C=O) groups excluding carboxylic acids is 2. The van der Waals surface area contributed by atoms with Gasteiger partial charge in [0.1, 0.15) is 12.2 Å². The highest BCUT2D eigenvalue weighted by Gasteiger charge is 2.40. The van der Waals surface area contributed by atoms with Gasteiger partial charge < -0.3 is 14.8 Å². The van der Waals surface area contributed by atoms with Gasteiger partial charge >= 0.3 is 5.97 Å².